The van der Waals surface area contributed by atoms with Gasteiger partial charge in [-0.2, -0.15) is 0 Å². The molecule has 1 aromatic heterocycles. The number of aryl methyl sites for hydroxylation is 2. The molecule has 3 heterocycles. The molecule has 2 atom stereocenters. The number of nitrogens with zero attached hydrogens (tertiary/aromatic N) is 2. The van der Waals surface area contributed by atoms with Gasteiger partial charge in [0.2, 0.25) is 0 Å². The van der Waals surface area contributed by atoms with Gasteiger partial charge in [0, 0.05) is 12.0 Å². The molecule has 0 radical (unpaired) electrons. The number of thiazole rings is 1. The maximum atomic E-state index is 13.8. The van der Waals surface area contributed by atoms with Crippen LogP contribution < -0.4 is 19.1 Å². The third-order valence-corrected chi connectivity index (χ3v) is 8.52. The molecule has 0 bridgehead atoms. The van der Waals surface area contributed by atoms with Crippen LogP contribution >= 0.6 is 11.3 Å². The van der Waals surface area contributed by atoms with Crippen molar-refractivity contribution in [1.82, 2.24) is 4.98 Å². The van der Waals surface area contributed by atoms with Gasteiger partial charge in [0.25, 0.3) is 5.78 Å². The largest absolute Gasteiger partial charge is 0.507 e. The van der Waals surface area contributed by atoms with E-state index < -0.39 is 17.7 Å². The Morgan fingerprint density at radius 1 is 1.05 bits per heavy atom. The molecule has 1 saturated heterocycles. The highest BCUT2D eigenvalue weighted by molar-refractivity contribution is 7.22. The smallest absolute Gasteiger partial charge is 0.301 e. The lowest BCUT2D eigenvalue weighted by Crippen LogP contribution is -2.29. The Bertz CT molecular complexity index is 1770. The number of fused-ring (bicyclic) bond motifs is 2. The quantitative estimate of drug-likeness (QED) is 0.147. The highest BCUT2D eigenvalue weighted by Crippen LogP contribution is 2.46. The first-order valence-corrected chi connectivity index (χ1v) is 14.9. The predicted octanol–water partition coefficient (Wildman–Crippen LogP) is 6.66. The van der Waals surface area contributed by atoms with Crippen molar-refractivity contribution in [1.29, 1.82) is 0 Å². The molecule has 2 aliphatic rings. The van der Waals surface area contributed by atoms with Crippen LogP contribution in [0.5, 0.6) is 17.2 Å². The lowest BCUT2D eigenvalue weighted by molar-refractivity contribution is -0.132. The average Bonchev–Trinajstić information content (AvgIpc) is 3.62. The second-order valence-electron chi connectivity index (χ2n) is 10.6. The number of benzene rings is 3. The van der Waals surface area contributed by atoms with Gasteiger partial charge < -0.3 is 19.3 Å². The van der Waals surface area contributed by atoms with Gasteiger partial charge in [-0.1, -0.05) is 23.5 Å². The molecule has 216 valence electrons. The van der Waals surface area contributed by atoms with Crippen LogP contribution in [0.2, 0.25) is 0 Å². The highest BCUT2D eigenvalue weighted by Gasteiger charge is 2.48. The van der Waals surface area contributed by atoms with Crippen LogP contribution in [0.3, 0.4) is 0 Å². The number of carbonyl (C=O) groups excluding carboxylic acids is 2. The number of anilines is 1. The second kappa shape index (κ2) is 10.8. The van der Waals surface area contributed by atoms with E-state index in [1.807, 2.05) is 52.8 Å². The average molecular weight is 585 g/mol. The fourth-order valence-corrected chi connectivity index (χ4v) is 6.94. The van der Waals surface area contributed by atoms with Gasteiger partial charge >= 0.3 is 5.91 Å². The summed E-state index contributed by atoms with van der Waals surface area (Å²) in [6.07, 6.45) is 0.713. The molecule has 6 rings (SSSR count). The molecule has 9 heteroatoms. The van der Waals surface area contributed by atoms with E-state index in [0.29, 0.717) is 47.4 Å². The number of ether oxygens (including phenoxy) is 3. The summed E-state index contributed by atoms with van der Waals surface area (Å²) in [5.41, 5.74) is 4.80. The zero-order valence-corrected chi connectivity index (χ0v) is 25.0. The molecule has 1 amide bonds. The lowest BCUT2D eigenvalue weighted by atomic mass is 9.94. The summed E-state index contributed by atoms with van der Waals surface area (Å²) < 4.78 is 18.4. The standard InChI is InChI=1S/C33H32N2O6S/c1-6-39-24-11-8-20(16-25(24)40-7-2)29-27(30(36)21-9-10-23-22(15-21)14-19(5)41-23)31(37)32(38)35(29)33-34-28-18(4)12-17(3)13-26(28)42-33/h8-13,15-16,19,29,36H,6-7,14H2,1-5H3/b30-27-. The van der Waals surface area contributed by atoms with Crippen LogP contribution in [-0.4, -0.2) is 41.1 Å². The van der Waals surface area contributed by atoms with Crippen molar-refractivity contribution in [3.05, 3.63) is 81.9 Å². The molecule has 2 aliphatic heterocycles. The number of rotatable bonds is 7. The minimum absolute atomic E-state index is 0.00863. The molecule has 0 spiro atoms. The van der Waals surface area contributed by atoms with Gasteiger partial charge in [-0.15, -0.1) is 0 Å². The third kappa shape index (κ3) is 4.67. The van der Waals surface area contributed by atoms with Gasteiger partial charge in [-0.05, 0) is 93.3 Å². The predicted molar refractivity (Wildman–Crippen MR) is 163 cm³/mol. The van der Waals surface area contributed by atoms with Crippen molar-refractivity contribution in [3.8, 4) is 17.2 Å². The zero-order valence-electron chi connectivity index (χ0n) is 24.2. The Kier molecular flexibility index (Phi) is 7.14. The summed E-state index contributed by atoms with van der Waals surface area (Å²) in [4.78, 5) is 33.8. The van der Waals surface area contributed by atoms with E-state index in [9.17, 15) is 14.7 Å². The molecule has 1 N–H and O–H groups in total. The fourth-order valence-electron chi connectivity index (χ4n) is 5.77. The van der Waals surface area contributed by atoms with E-state index in [0.717, 1.165) is 32.7 Å². The maximum absolute atomic E-state index is 13.8. The Labute approximate surface area is 248 Å². The molecule has 4 aromatic rings. The van der Waals surface area contributed by atoms with Crippen LogP contribution in [-0.2, 0) is 16.0 Å². The monoisotopic (exact) mass is 584 g/mol. The first-order chi connectivity index (χ1) is 20.2. The van der Waals surface area contributed by atoms with Crippen LogP contribution in [0.15, 0.2) is 54.1 Å². The first-order valence-electron chi connectivity index (χ1n) is 14.1. The van der Waals surface area contributed by atoms with Gasteiger partial charge in [-0.25, -0.2) is 4.98 Å². The van der Waals surface area contributed by atoms with Crippen molar-refractivity contribution in [2.24, 2.45) is 0 Å². The van der Waals surface area contributed by atoms with Crippen molar-refractivity contribution < 1.29 is 28.9 Å². The molecule has 42 heavy (non-hydrogen) atoms. The van der Waals surface area contributed by atoms with Crippen molar-refractivity contribution in [3.63, 3.8) is 0 Å². The molecular formula is C33H32N2O6S. The van der Waals surface area contributed by atoms with Crippen molar-refractivity contribution in [2.75, 3.05) is 18.1 Å². The molecule has 0 aliphatic carbocycles. The van der Waals surface area contributed by atoms with E-state index in [4.69, 9.17) is 19.2 Å². The zero-order chi connectivity index (χ0) is 29.7. The van der Waals surface area contributed by atoms with E-state index in [1.165, 1.54) is 16.2 Å². The Morgan fingerprint density at radius 3 is 2.57 bits per heavy atom. The van der Waals surface area contributed by atoms with Crippen molar-refractivity contribution >= 4 is 44.1 Å². The van der Waals surface area contributed by atoms with Crippen LogP contribution in [0.25, 0.3) is 16.0 Å². The summed E-state index contributed by atoms with van der Waals surface area (Å²) in [6, 6.07) is 13.8. The molecular weight excluding hydrogens is 552 g/mol. The van der Waals surface area contributed by atoms with Crippen LogP contribution in [0.1, 0.15) is 54.6 Å². The van der Waals surface area contributed by atoms with Crippen LogP contribution in [0.4, 0.5) is 5.13 Å². The second-order valence-corrected chi connectivity index (χ2v) is 11.6. The van der Waals surface area contributed by atoms with Gasteiger partial charge in [0.15, 0.2) is 16.6 Å². The number of aliphatic hydroxyl groups excluding tert-OH is 1. The number of hydrogen-bond donors (Lipinski definition) is 1. The maximum Gasteiger partial charge on any atom is 0.301 e. The highest BCUT2D eigenvalue weighted by atomic mass is 32.1. The molecule has 0 saturated carbocycles. The van der Waals surface area contributed by atoms with Gasteiger partial charge in [-0.3, -0.25) is 14.5 Å². The Hall–Kier alpha value is -4.37. The summed E-state index contributed by atoms with van der Waals surface area (Å²) in [5, 5.41) is 12.1. The summed E-state index contributed by atoms with van der Waals surface area (Å²) >= 11 is 1.34. The third-order valence-electron chi connectivity index (χ3n) is 7.52. The lowest BCUT2D eigenvalue weighted by Gasteiger charge is -2.24. The van der Waals surface area contributed by atoms with E-state index in [2.05, 4.69) is 0 Å². The van der Waals surface area contributed by atoms with E-state index in [-0.39, 0.29) is 17.4 Å². The summed E-state index contributed by atoms with van der Waals surface area (Å²) in [5.74, 6) is 0.0227. The first kappa shape index (κ1) is 27.8. The van der Waals surface area contributed by atoms with Gasteiger partial charge in [0.05, 0.1) is 35.0 Å². The Morgan fingerprint density at radius 2 is 1.81 bits per heavy atom. The van der Waals surface area contributed by atoms with Crippen molar-refractivity contribution in [2.45, 2.75) is 53.2 Å². The molecule has 3 aromatic carbocycles. The van der Waals surface area contributed by atoms with Crippen LogP contribution in [0, 0.1) is 13.8 Å². The number of aromatic nitrogens is 1. The number of amides is 1. The summed E-state index contributed by atoms with van der Waals surface area (Å²) in [7, 11) is 0. The minimum atomic E-state index is -0.940. The SMILES string of the molecule is CCOc1ccc(C2/C(=C(/O)c3ccc4c(c3)CC(C)O4)C(=O)C(=O)N2c2nc3c(C)cc(C)cc3s2)cc1OCC. The fraction of sp³-hybridized carbons (Fsp3) is 0.303. The number of carbonyl (C=O) groups is 2. The minimum Gasteiger partial charge on any atom is -0.507 e. The molecule has 8 nitrogen and oxygen atoms in total. The molecule has 2 unspecified atom stereocenters. The Balaban J connectivity index is 1.56. The van der Waals surface area contributed by atoms with E-state index >= 15 is 0 Å². The summed E-state index contributed by atoms with van der Waals surface area (Å²) in [6.45, 7) is 10.6. The van der Waals surface area contributed by atoms with E-state index in [1.54, 1.807) is 30.3 Å². The number of Topliss-reactive ketones (excluding diaryl/α,β-unsaturated/α-hetero) is 1. The normalized spacial score (nSPS) is 19.3. The van der Waals surface area contributed by atoms with Gasteiger partial charge in [0.1, 0.15) is 17.6 Å². The number of aliphatic hydroxyl groups is 1. The number of hydrogen-bond acceptors (Lipinski definition) is 8. The molecule has 1 fully saturated rings. The number of ketones is 1. The topological polar surface area (TPSA) is 98.2 Å².